The fourth-order valence-electron chi connectivity index (χ4n) is 4.13. The van der Waals surface area contributed by atoms with Crippen LogP contribution in [0.1, 0.15) is 69.4 Å². The van der Waals surface area contributed by atoms with Gasteiger partial charge in [0.25, 0.3) is 0 Å². The number of aryl methyl sites for hydroxylation is 1. The minimum Gasteiger partial charge on any atom is -0.135 e. The Morgan fingerprint density at radius 1 is 0.759 bits per heavy atom. The van der Waals surface area contributed by atoms with Crippen LogP contribution in [0.25, 0.3) is 20.2 Å². The van der Waals surface area contributed by atoms with Gasteiger partial charge in [0.05, 0.1) is 0 Å². The number of fused-ring (bicyclic) bond motifs is 3. The lowest BCUT2D eigenvalue weighted by atomic mass is 9.84. The fourth-order valence-corrected chi connectivity index (χ4v) is 5.53. The molecule has 0 saturated heterocycles. The van der Waals surface area contributed by atoms with Crippen LogP contribution in [-0.2, 0) is 17.3 Å². The fraction of sp³-hybridized carbons (Fsp3) is 0.357. The van der Waals surface area contributed by atoms with E-state index in [-0.39, 0.29) is 10.8 Å². The molecule has 1 aromatic heterocycles. The van der Waals surface area contributed by atoms with E-state index < -0.39 is 0 Å². The zero-order chi connectivity index (χ0) is 21.0. The Hall–Kier alpha value is -2.12. The first kappa shape index (κ1) is 20.2. The maximum absolute atomic E-state index is 2.41. The van der Waals surface area contributed by atoms with Gasteiger partial charge < -0.3 is 0 Å². The highest BCUT2D eigenvalue weighted by Crippen LogP contribution is 2.40. The number of hydrogen-bond donors (Lipinski definition) is 0. The Morgan fingerprint density at radius 2 is 1.52 bits per heavy atom. The Morgan fingerprint density at radius 3 is 2.17 bits per heavy atom. The van der Waals surface area contributed by atoms with Crippen molar-refractivity contribution in [2.24, 2.45) is 0 Å². The number of benzene rings is 3. The largest absolute Gasteiger partial charge is 0.135 e. The molecule has 0 atom stereocenters. The monoisotopic (exact) mass is 400 g/mol. The molecule has 0 saturated carbocycles. The molecular weight excluding hydrogens is 368 g/mol. The molecule has 0 bridgehead atoms. The summed E-state index contributed by atoms with van der Waals surface area (Å²) in [5, 5.41) is 2.80. The van der Waals surface area contributed by atoms with Crippen molar-refractivity contribution in [1.82, 2.24) is 0 Å². The van der Waals surface area contributed by atoms with E-state index in [1.807, 2.05) is 11.3 Å². The molecule has 0 radical (unpaired) electrons. The third kappa shape index (κ3) is 3.85. The first-order valence-electron chi connectivity index (χ1n) is 10.6. The van der Waals surface area contributed by atoms with Gasteiger partial charge in [-0.2, -0.15) is 0 Å². The van der Waals surface area contributed by atoms with Crippen molar-refractivity contribution in [2.45, 2.75) is 65.7 Å². The van der Waals surface area contributed by atoms with Gasteiger partial charge >= 0.3 is 0 Å². The van der Waals surface area contributed by atoms with E-state index in [1.54, 1.807) is 0 Å². The SMILES string of the molecule is Cc1cc(C(C)(C)C)ccc1Cc1ccc2sc3c(C(C)(C)C)cccc3c2c1. The van der Waals surface area contributed by atoms with E-state index in [9.17, 15) is 0 Å². The van der Waals surface area contributed by atoms with E-state index in [2.05, 4.69) is 103 Å². The molecule has 0 N–H and O–H groups in total. The Bertz CT molecular complexity index is 1190. The van der Waals surface area contributed by atoms with E-state index in [0.717, 1.165) is 6.42 Å². The first-order chi connectivity index (χ1) is 13.5. The Labute approximate surface area is 179 Å². The van der Waals surface area contributed by atoms with Gasteiger partial charge in [0, 0.05) is 20.2 Å². The maximum atomic E-state index is 2.41. The summed E-state index contributed by atoms with van der Waals surface area (Å²) < 4.78 is 2.83. The highest BCUT2D eigenvalue weighted by molar-refractivity contribution is 7.26. The van der Waals surface area contributed by atoms with E-state index in [4.69, 9.17) is 0 Å². The second kappa shape index (κ2) is 6.99. The van der Waals surface area contributed by atoms with Crippen LogP contribution in [-0.4, -0.2) is 0 Å². The lowest BCUT2D eigenvalue weighted by Gasteiger charge is -2.20. The summed E-state index contributed by atoms with van der Waals surface area (Å²) in [6.45, 7) is 16.0. The molecule has 0 fully saturated rings. The molecule has 1 heterocycles. The van der Waals surface area contributed by atoms with Crippen molar-refractivity contribution >= 4 is 31.5 Å². The molecule has 0 aliphatic rings. The molecule has 0 spiro atoms. The molecule has 1 heteroatoms. The van der Waals surface area contributed by atoms with Gasteiger partial charge in [-0.25, -0.2) is 0 Å². The summed E-state index contributed by atoms with van der Waals surface area (Å²) in [6, 6.07) is 20.8. The van der Waals surface area contributed by atoms with Crippen molar-refractivity contribution in [3.63, 3.8) is 0 Å². The van der Waals surface area contributed by atoms with Gasteiger partial charge in [0.15, 0.2) is 0 Å². The summed E-state index contributed by atoms with van der Waals surface area (Å²) in [6.07, 6.45) is 0.989. The summed E-state index contributed by atoms with van der Waals surface area (Å²) in [5.41, 5.74) is 7.43. The average Bonchev–Trinajstić information content (AvgIpc) is 2.99. The molecular formula is C28H32S. The maximum Gasteiger partial charge on any atom is 0.0392 e. The predicted octanol–water partition coefficient (Wildman–Crippen LogP) is 8.55. The van der Waals surface area contributed by atoms with Crippen LogP contribution in [0.5, 0.6) is 0 Å². The van der Waals surface area contributed by atoms with Crippen LogP contribution in [0.4, 0.5) is 0 Å². The van der Waals surface area contributed by atoms with Crippen molar-refractivity contribution in [3.8, 4) is 0 Å². The third-order valence-corrected chi connectivity index (χ3v) is 7.19. The Balaban J connectivity index is 1.76. The molecule has 0 amide bonds. The topological polar surface area (TPSA) is 0 Å². The van der Waals surface area contributed by atoms with Gasteiger partial charge in [-0.3, -0.25) is 0 Å². The van der Waals surface area contributed by atoms with Gasteiger partial charge in [0.1, 0.15) is 0 Å². The van der Waals surface area contributed by atoms with Gasteiger partial charge in [-0.1, -0.05) is 84.0 Å². The van der Waals surface area contributed by atoms with E-state index in [1.165, 1.54) is 48.0 Å². The van der Waals surface area contributed by atoms with Crippen molar-refractivity contribution in [1.29, 1.82) is 0 Å². The summed E-state index contributed by atoms with van der Waals surface area (Å²) in [4.78, 5) is 0. The first-order valence-corrected chi connectivity index (χ1v) is 11.4. The minimum atomic E-state index is 0.162. The van der Waals surface area contributed by atoms with E-state index in [0.29, 0.717) is 0 Å². The quantitative estimate of drug-likeness (QED) is 0.316. The highest BCUT2D eigenvalue weighted by atomic mass is 32.1. The summed E-state index contributed by atoms with van der Waals surface area (Å²) >= 11 is 1.94. The average molecular weight is 401 g/mol. The van der Waals surface area contributed by atoms with Crippen LogP contribution in [0, 0.1) is 6.92 Å². The predicted molar refractivity (Wildman–Crippen MR) is 131 cm³/mol. The summed E-state index contributed by atoms with van der Waals surface area (Å²) in [7, 11) is 0. The van der Waals surface area contributed by atoms with Gasteiger partial charge in [-0.05, 0) is 64.1 Å². The van der Waals surface area contributed by atoms with Crippen molar-refractivity contribution < 1.29 is 0 Å². The normalized spacial score (nSPS) is 12.8. The minimum absolute atomic E-state index is 0.162. The van der Waals surface area contributed by atoms with Gasteiger partial charge in [0.2, 0.25) is 0 Å². The molecule has 0 aliphatic heterocycles. The molecule has 0 unspecified atom stereocenters. The lowest BCUT2D eigenvalue weighted by molar-refractivity contribution is 0.589. The van der Waals surface area contributed by atoms with Crippen LogP contribution in [0.15, 0.2) is 54.6 Å². The number of rotatable bonds is 2. The second-order valence-electron chi connectivity index (χ2n) is 10.4. The molecule has 29 heavy (non-hydrogen) atoms. The smallest absolute Gasteiger partial charge is 0.0392 e. The molecule has 3 aromatic carbocycles. The number of thiophene rings is 1. The molecule has 4 rings (SSSR count). The molecule has 150 valence electrons. The zero-order valence-electron chi connectivity index (χ0n) is 18.8. The van der Waals surface area contributed by atoms with Crippen molar-refractivity contribution in [3.05, 3.63) is 82.4 Å². The van der Waals surface area contributed by atoms with Crippen LogP contribution in [0.2, 0.25) is 0 Å². The Kier molecular flexibility index (Phi) is 4.86. The number of hydrogen-bond acceptors (Lipinski definition) is 1. The molecule has 0 aliphatic carbocycles. The third-order valence-electron chi connectivity index (χ3n) is 5.97. The lowest BCUT2D eigenvalue weighted by Crippen LogP contribution is -2.11. The highest BCUT2D eigenvalue weighted by Gasteiger charge is 2.19. The van der Waals surface area contributed by atoms with Gasteiger partial charge in [-0.15, -0.1) is 11.3 Å². The van der Waals surface area contributed by atoms with Crippen molar-refractivity contribution in [2.75, 3.05) is 0 Å². The van der Waals surface area contributed by atoms with Crippen LogP contribution in [0.3, 0.4) is 0 Å². The zero-order valence-corrected chi connectivity index (χ0v) is 19.6. The second-order valence-corrected chi connectivity index (χ2v) is 11.5. The molecule has 4 aromatic rings. The standard InChI is InChI=1S/C28H32S/c1-18-15-21(27(2,3)4)13-12-20(18)16-19-11-14-25-23(17-19)22-9-8-10-24(26(22)29-25)28(5,6)7/h8-15,17H,16H2,1-7H3. The molecule has 0 nitrogen and oxygen atoms in total. The van der Waals surface area contributed by atoms with Crippen LogP contribution >= 0.6 is 11.3 Å². The summed E-state index contributed by atoms with van der Waals surface area (Å²) in [5.74, 6) is 0. The van der Waals surface area contributed by atoms with Crippen LogP contribution < -0.4 is 0 Å². The van der Waals surface area contributed by atoms with E-state index >= 15 is 0 Å².